The highest BCUT2D eigenvalue weighted by atomic mass is 19.1. The molecule has 2 aliphatic rings. The third kappa shape index (κ3) is 6.05. The second-order valence-corrected chi connectivity index (χ2v) is 9.18. The van der Waals surface area contributed by atoms with Crippen LogP contribution in [0.1, 0.15) is 88.2 Å². The summed E-state index contributed by atoms with van der Waals surface area (Å²) in [6.45, 7) is 6.76. The molecule has 2 heteroatoms. The Kier molecular flexibility index (Phi) is 8.10. The van der Waals surface area contributed by atoms with Crippen molar-refractivity contribution in [3.8, 4) is 6.07 Å². The lowest BCUT2D eigenvalue weighted by molar-refractivity contribution is 0.260. The smallest absolute Gasteiger partial charge is 0.195 e. The molecule has 0 heterocycles. The number of halogens is 1. The highest BCUT2D eigenvalue weighted by Gasteiger charge is 2.29. The van der Waals surface area contributed by atoms with E-state index in [-0.39, 0.29) is 0 Å². The summed E-state index contributed by atoms with van der Waals surface area (Å²) in [5.74, 6) is 2.16. The summed E-state index contributed by atoms with van der Waals surface area (Å²) < 4.78 is 12.9. The fraction of sp³-hybridized carbons (Fsp3) is 0.593. The number of benzene rings is 1. The minimum absolute atomic E-state index is 0.635. The lowest BCUT2D eigenvalue weighted by Crippen LogP contribution is -2.22. The fourth-order valence-electron chi connectivity index (χ4n) is 5.47. The Labute approximate surface area is 176 Å². The minimum Gasteiger partial charge on any atom is -0.195 e. The molecule has 2 aliphatic carbocycles. The van der Waals surface area contributed by atoms with Gasteiger partial charge in [-0.25, -0.2) is 0 Å². The maximum atomic E-state index is 12.9. The van der Waals surface area contributed by atoms with E-state index in [4.69, 9.17) is 5.26 Å². The Morgan fingerprint density at radius 3 is 2.17 bits per heavy atom. The number of allylic oxidation sites excluding steroid dienone is 3. The zero-order valence-corrected chi connectivity index (χ0v) is 18.0. The zero-order chi connectivity index (χ0) is 20.6. The Hall–Kier alpha value is -1.88. The third-order valence-electron chi connectivity index (χ3n) is 7.49. The molecule has 0 bridgehead atoms. The topological polar surface area (TPSA) is 23.8 Å². The lowest BCUT2D eigenvalue weighted by atomic mass is 9.69. The number of nitrogens with zero attached hydrogens (tertiary/aromatic N) is 1. The molecule has 0 amide bonds. The zero-order valence-electron chi connectivity index (χ0n) is 18.0. The van der Waals surface area contributed by atoms with E-state index in [1.54, 1.807) is 6.07 Å². The maximum absolute atomic E-state index is 12.9. The summed E-state index contributed by atoms with van der Waals surface area (Å²) in [4.78, 5) is 0. The molecule has 0 saturated heterocycles. The van der Waals surface area contributed by atoms with Gasteiger partial charge in [-0.15, -0.1) is 0 Å². The lowest BCUT2D eigenvalue weighted by Gasteiger charge is -2.36. The van der Waals surface area contributed by atoms with E-state index in [1.807, 2.05) is 0 Å². The van der Waals surface area contributed by atoms with Gasteiger partial charge in [-0.3, -0.25) is 0 Å². The third-order valence-corrected chi connectivity index (χ3v) is 7.49. The van der Waals surface area contributed by atoms with Crippen LogP contribution in [0.4, 0.5) is 4.39 Å². The fourth-order valence-corrected chi connectivity index (χ4v) is 5.47. The van der Waals surface area contributed by atoms with Gasteiger partial charge in [0.15, 0.2) is 5.83 Å². The summed E-state index contributed by atoms with van der Waals surface area (Å²) in [6, 6.07) is 10.8. The average molecular weight is 394 g/mol. The van der Waals surface area contributed by atoms with Crippen molar-refractivity contribution in [3.05, 3.63) is 59.4 Å². The molecular weight excluding hydrogens is 357 g/mol. The van der Waals surface area contributed by atoms with E-state index in [0.29, 0.717) is 24.2 Å². The first-order valence-electron chi connectivity index (χ1n) is 11.6. The van der Waals surface area contributed by atoms with Gasteiger partial charge in [-0.2, -0.15) is 9.65 Å². The Morgan fingerprint density at radius 2 is 1.62 bits per heavy atom. The standard InChI is InChI=1S/C27H36FN/c1-3-21-7-13-25(14-8-21)26-17-15-24(16-18-26)20(2)23-11-9-22(10-12-23)5-4-6-27(28)19-29/h6-8,13-14,22-24,26H,2-5,9-12,15-18H2,1H3/b27-6-. The highest BCUT2D eigenvalue weighted by Crippen LogP contribution is 2.44. The molecule has 3 rings (SSSR count). The summed E-state index contributed by atoms with van der Waals surface area (Å²) >= 11 is 0. The second kappa shape index (κ2) is 10.8. The van der Waals surface area contributed by atoms with Crippen LogP contribution in [0.2, 0.25) is 0 Å². The predicted molar refractivity (Wildman–Crippen MR) is 119 cm³/mol. The largest absolute Gasteiger partial charge is 0.196 e. The van der Waals surface area contributed by atoms with E-state index in [2.05, 4.69) is 37.8 Å². The first-order chi connectivity index (χ1) is 14.1. The van der Waals surface area contributed by atoms with Gasteiger partial charge in [0.25, 0.3) is 0 Å². The van der Waals surface area contributed by atoms with Gasteiger partial charge in [0.2, 0.25) is 0 Å². The van der Waals surface area contributed by atoms with E-state index >= 15 is 0 Å². The van der Waals surface area contributed by atoms with Crippen molar-refractivity contribution in [2.24, 2.45) is 17.8 Å². The molecule has 0 aliphatic heterocycles. The van der Waals surface area contributed by atoms with Crippen LogP contribution in [-0.4, -0.2) is 0 Å². The number of aryl methyl sites for hydroxylation is 1. The van der Waals surface area contributed by atoms with Crippen molar-refractivity contribution in [3.63, 3.8) is 0 Å². The van der Waals surface area contributed by atoms with Crippen molar-refractivity contribution >= 4 is 0 Å². The number of hydrogen-bond donors (Lipinski definition) is 0. The van der Waals surface area contributed by atoms with Gasteiger partial charge < -0.3 is 0 Å². The molecule has 1 aromatic carbocycles. The number of nitriles is 1. The summed E-state index contributed by atoms with van der Waals surface area (Å²) in [7, 11) is 0. The van der Waals surface area contributed by atoms with Gasteiger partial charge in [0.1, 0.15) is 6.07 Å². The van der Waals surface area contributed by atoms with Crippen LogP contribution in [0.15, 0.2) is 48.3 Å². The Morgan fingerprint density at radius 1 is 1.03 bits per heavy atom. The number of hydrogen-bond acceptors (Lipinski definition) is 1. The van der Waals surface area contributed by atoms with Crippen molar-refractivity contribution in [1.82, 2.24) is 0 Å². The van der Waals surface area contributed by atoms with Crippen molar-refractivity contribution < 1.29 is 4.39 Å². The Bertz CT molecular complexity index is 723. The normalized spacial score (nSPS) is 28.0. The Balaban J connectivity index is 1.41. The van der Waals surface area contributed by atoms with Crippen LogP contribution in [-0.2, 0) is 6.42 Å². The molecule has 0 aromatic heterocycles. The predicted octanol–water partition coefficient (Wildman–Crippen LogP) is 8.04. The van der Waals surface area contributed by atoms with E-state index in [9.17, 15) is 4.39 Å². The maximum Gasteiger partial charge on any atom is 0.196 e. The number of rotatable bonds is 7. The van der Waals surface area contributed by atoms with Crippen molar-refractivity contribution in [2.75, 3.05) is 0 Å². The van der Waals surface area contributed by atoms with Gasteiger partial charge in [-0.1, -0.05) is 43.3 Å². The summed E-state index contributed by atoms with van der Waals surface area (Å²) in [5.41, 5.74) is 4.46. The molecule has 29 heavy (non-hydrogen) atoms. The van der Waals surface area contributed by atoms with Crippen LogP contribution in [0.3, 0.4) is 0 Å². The van der Waals surface area contributed by atoms with Crippen molar-refractivity contribution in [2.45, 2.75) is 83.5 Å². The second-order valence-electron chi connectivity index (χ2n) is 9.18. The molecule has 1 aromatic rings. The molecule has 0 atom stereocenters. The van der Waals surface area contributed by atoms with Crippen LogP contribution >= 0.6 is 0 Å². The van der Waals surface area contributed by atoms with Gasteiger partial charge in [0, 0.05) is 0 Å². The highest BCUT2D eigenvalue weighted by molar-refractivity contribution is 5.26. The molecule has 0 N–H and O–H groups in total. The van der Waals surface area contributed by atoms with Crippen LogP contribution in [0.5, 0.6) is 0 Å². The first kappa shape index (κ1) is 21.8. The minimum atomic E-state index is -0.635. The monoisotopic (exact) mass is 393 g/mol. The van der Waals surface area contributed by atoms with Crippen LogP contribution in [0.25, 0.3) is 0 Å². The average Bonchev–Trinajstić information content (AvgIpc) is 2.79. The van der Waals surface area contributed by atoms with Gasteiger partial charge in [0.05, 0.1) is 0 Å². The SMILES string of the molecule is C=C(C1CCC(CC/C=C(\F)C#N)CC1)C1CCC(c2ccc(CC)cc2)CC1. The van der Waals surface area contributed by atoms with E-state index < -0.39 is 5.83 Å². The van der Waals surface area contributed by atoms with Crippen LogP contribution < -0.4 is 0 Å². The van der Waals surface area contributed by atoms with Crippen LogP contribution in [0, 0.1) is 29.1 Å². The van der Waals surface area contributed by atoms with E-state index in [0.717, 1.165) is 18.8 Å². The molecule has 2 fully saturated rings. The van der Waals surface area contributed by atoms with Gasteiger partial charge >= 0.3 is 0 Å². The summed E-state index contributed by atoms with van der Waals surface area (Å²) in [6.07, 6.45) is 14.4. The first-order valence-corrected chi connectivity index (χ1v) is 11.6. The molecular formula is C27H36FN. The van der Waals surface area contributed by atoms with Gasteiger partial charge in [-0.05, 0) is 112 Å². The van der Waals surface area contributed by atoms with Crippen molar-refractivity contribution in [1.29, 1.82) is 5.26 Å². The molecule has 0 spiro atoms. The molecule has 0 radical (unpaired) electrons. The van der Waals surface area contributed by atoms with E-state index in [1.165, 1.54) is 74.1 Å². The molecule has 1 nitrogen and oxygen atoms in total. The molecule has 2 saturated carbocycles. The quantitative estimate of drug-likeness (QED) is 0.339. The summed E-state index contributed by atoms with van der Waals surface area (Å²) in [5, 5.41) is 8.49. The molecule has 0 unspecified atom stereocenters. The molecule has 156 valence electrons.